The van der Waals surface area contributed by atoms with Gasteiger partial charge in [-0.3, -0.25) is 0 Å². The van der Waals surface area contributed by atoms with Gasteiger partial charge in [0.05, 0.1) is 0 Å². The molecule has 2 N–H and O–H groups in total. The molecule has 2 unspecified atom stereocenters. The third-order valence-electron chi connectivity index (χ3n) is 1.99. The zero-order chi connectivity index (χ0) is 9.64. The van der Waals surface area contributed by atoms with Crippen molar-refractivity contribution in [3.05, 3.63) is 11.5 Å². The molecule has 0 aromatic heterocycles. The van der Waals surface area contributed by atoms with Crippen LogP contribution in [0.2, 0.25) is 0 Å². The van der Waals surface area contributed by atoms with Gasteiger partial charge in [-0.2, -0.15) is 0 Å². The predicted octanol–water partition coefficient (Wildman–Crippen LogP) is 1.25. The summed E-state index contributed by atoms with van der Waals surface area (Å²) in [6.45, 7) is 0. The summed E-state index contributed by atoms with van der Waals surface area (Å²) >= 11 is 0. The molecule has 74 valence electrons. The van der Waals surface area contributed by atoms with Crippen molar-refractivity contribution in [2.75, 3.05) is 0 Å². The molecule has 0 aromatic rings. The first kappa shape index (κ1) is 8.68. The summed E-state index contributed by atoms with van der Waals surface area (Å²) < 4.78 is 46.1. The molecule has 1 aliphatic carbocycles. The summed E-state index contributed by atoms with van der Waals surface area (Å²) in [6, 6.07) is -0.480. The predicted molar refractivity (Wildman–Crippen MR) is 36.2 cm³/mol. The second-order valence-corrected chi connectivity index (χ2v) is 3.12. The Morgan fingerprint density at radius 2 is 2.08 bits per heavy atom. The summed E-state index contributed by atoms with van der Waals surface area (Å²) in [5, 5.41) is 0. The Bertz CT molecular complexity index is 266. The van der Waals surface area contributed by atoms with E-state index in [1.807, 2.05) is 0 Å². The van der Waals surface area contributed by atoms with Gasteiger partial charge in [-0.15, -0.1) is 8.78 Å². The van der Waals surface area contributed by atoms with E-state index in [0.29, 0.717) is 0 Å². The van der Waals surface area contributed by atoms with E-state index in [2.05, 4.69) is 9.47 Å². The molecule has 2 aliphatic rings. The van der Waals surface area contributed by atoms with E-state index in [1.165, 1.54) is 0 Å². The van der Waals surface area contributed by atoms with Crippen molar-refractivity contribution in [2.45, 2.75) is 31.3 Å². The van der Waals surface area contributed by atoms with Gasteiger partial charge in [0.15, 0.2) is 11.9 Å². The van der Waals surface area contributed by atoms with Gasteiger partial charge < -0.3 is 15.2 Å². The first-order chi connectivity index (χ1) is 5.98. The SMILES string of the molecule is NC1CC2=C(OC(F)(F)O2)C(F)C1. The Kier molecular flexibility index (Phi) is 1.69. The van der Waals surface area contributed by atoms with Crippen molar-refractivity contribution in [3.8, 4) is 0 Å². The van der Waals surface area contributed by atoms with Crippen LogP contribution in [0.3, 0.4) is 0 Å². The number of hydrogen-bond acceptors (Lipinski definition) is 3. The summed E-state index contributed by atoms with van der Waals surface area (Å²) in [5.41, 5.74) is 5.42. The molecule has 6 heteroatoms. The molecule has 0 spiro atoms. The molecule has 0 saturated carbocycles. The molecule has 0 fully saturated rings. The second-order valence-electron chi connectivity index (χ2n) is 3.12. The highest BCUT2D eigenvalue weighted by atomic mass is 19.3. The Morgan fingerprint density at radius 3 is 2.77 bits per heavy atom. The molecule has 2 atom stereocenters. The van der Waals surface area contributed by atoms with E-state index in [-0.39, 0.29) is 18.6 Å². The van der Waals surface area contributed by atoms with E-state index >= 15 is 0 Å². The molecular weight excluding hydrogens is 187 g/mol. The van der Waals surface area contributed by atoms with Crippen LogP contribution < -0.4 is 5.73 Å². The maximum atomic E-state index is 13.1. The minimum absolute atomic E-state index is 0.00171. The van der Waals surface area contributed by atoms with E-state index in [9.17, 15) is 13.2 Å². The van der Waals surface area contributed by atoms with Gasteiger partial charge in [0.25, 0.3) is 0 Å². The number of halogens is 3. The minimum atomic E-state index is -3.72. The van der Waals surface area contributed by atoms with Crippen LogP contribution in [0.25, 0.3) is 0 Å². The second kappa shape index (κ2) is 2.54. The van der Waals surface area contributed by atoms with E-state index in [4.69, 9.17) is 5.73 Å². The molecule has 3 nitrogen and oxygen atoms in total. The molecule has 13 heavy (non-hydrogen) atoms. The van der Waals surface area contributed by atoms with Gasteiger partial charge in [-0.05, 0) is 0 Å². The van der Waals surface area contributed by atoms with Gasteiger partial charge in [-0.25, -0.2) is 4.39 Å². The van der Waals surface area contributed by atoms with Crippen LogP contribution in [-0.4, -0.2) is 18.5 Å². The largest absolute Gasteiger partial charge is 0.585 e. The summed E-state index contributed by atoms with van der Waals surface area (Å²) in [7, 11) is 0. The molecular formula is C7H8F3NO2. The smallest absolute Gasteiger partial charge is 0.400 e. The molecule has 0 bridgehead atoms. The quantitative estimate of drug-likeness (QED) is 0.632. The van der Waals surface area contributed by atoms with Crippen LogP contribution in [-0.2, 0) is 9.47 Å². The molecule has 0 amide bonds. The number of allylic oxidation sites excluding steroid dienone is 1. The minimum Gasteiger partial charge on any atom is -0.400 e. The lowest BCUT2D eigenvalue weighted by molar-refractivity contribution is -0.339. The Balaban J connectivity index is 2.21. The number of nitrogens with two attached hydrogens (primary N) is 1. The number of hydrogen-bond donors (Lipinski definition) is 1. The summed E-state index contributed by atoms with van der Waals surface area (Å²) in [4.78, 5) is 0. The summed E-state index contributed by atoms with van der Waals surface area (Å²) in [5.74, 6) is -0.553. The first-order valence-corrected chi connectivity index (χ1v) is 3.86. The normalized spacial score (nSPS) is 36.6. The van der Waals surface area contributed by atoms with E-state index < -0.39 is 24.3 Å². The highest BCUT2D eigenvalue weighted by Gasteiger charge is 2.49. The van der Waals surface area contributed by atoms with Crippen molar-refractivity contribution in [1.29, 1.82) is 0 Å². The Morgan fingerprint density at radius 1 is 1.38 bits per heavy atom. The fraction of sp³-hybridized carbons (Fsp3) is 0.714. The van der Waals surface area contributed by atoms with Crippen molar-refractivity contribution in [2.24, 2.45) is 5.73 Å². The van der Waals surface area contributed by atoms with Gasteiger partial charge in [0, 0.05) is 18.9 Å². The van der Waals surface area contributed by atoms with E-state index in [1.54, 1.807) is 0 Å². The number of ether oxygens (including phenoxy) is 2. The van der Waals surface area contributed by atoms with Gasteiger partial charge in [0.1, 0.15) is 5.76 Å². The monoisotopic (exact) mass is 195 g/mol. The highest BCUT2D eigenvalue weighted by molar-refractivity contribution is 5.16. The zero-order valence-corrected chi connectivity index (χ0v) is 6.60. The molecule has 1 aliphatic heterocycles. The lowest BCUT2D eigenvalue weighted by Crippen LogP contribution is -2.30. The fourth-order valence-electron chi connectivity index (χ4n) is 1.47. The third kappa shape index (κ3) is 1.46. The van der Waals surface area contributed by atoms with Crippen LogP contribution in [0.4, 0.5) is 13.2 Å². The Labute approximate surface area is 72.3 Å². The van der Waals surface area contributed by atoms with Crippen molar-refractivity contribution in [1.82, 2.24) is 0 Å². The van der Waals surface area contributed by atoms with Gasteiger partial charge in [-0.1, -0.05) is 0 Å². The van der Waals surface area contributed by atoms with Crippen LogP contribution in [0, 0.1) is 0 Å². The van der Waals surface area contributed by atoms with Crippen molar-refractivity contribution < 1.29 is 22.6 Å². The maximum absolute atomic E-state index is 13.1. The lowest BCUT2D eigenvalue weighted by atomic mass is 9.98. The molecule has 0 aromatic carbocycles. The zero-order valence-electron chi connectivity index (χ0n) is 6.60. The van der Waals surface area contributed by atoms with Crippen LogP contribution >= 0.6 is 0 Å². The standard InChI is InChI=1S/C7H8F3NO2/c8-4-1-3(11)2-5-6(4)13-7(9,10)12-5/h3-4H,1-2,11H2. The number of alkyl halides is 3. The fourth-order valence-corrected chi connectivity index (χ4v) is 1.47. The van der Waals surface area contributed by atoms with E-state index in [0.717, 1.165) is 0 Å². The average molecular weight is 195 g/mol. The van der Waals surface area contributed by atoms with Crippen LogP contribution in [0.5, 0.6) is 0 Å². The third-order valence-corrected chi connectivity index (χ3v) is 1.99. The maximum Gasteiger partial charge on any atom is 0.585 e. The van der Waals surface area contributed by atoms with Gasteiger partial charge >= 0.3 is 6.29 Å². The topological polar surface area (TPSA) is 44.5 Å². The van der Waals surface area contributed by atoms with Crippen molar-refractivity contribution in [3.63, 3.8) is 0 Å². The van der Waals surface area contributed by atoms with Crippen LogP contribution in [0.1, 0.15) is 12.8 Å². The van der Waals surface area contributed by atoms with Crippen LogP contribution in [0.15, 0.2) is 11.5 Å². The summed E-state index contributed by atoms with van der Waals surface area (Å²) in [6.07, 6.45) is -5.20. The Hall–Kier alpha value is -0.910. The first-order valence-electron chi connectivity index (χ1n) is 3.86. The average Bonchev–Trinajstić information content (AvgIpc) is 2.23. The van der Waals surface area contributed by atoms with Crippen molar-refractivity contribution >= 4 is 0 Å². The number of rotatable bonds is 0. The van der Waals surface area contributed by atoms with Gasteiger partial charge in [0.2, 0.25) is 0 Å². The highest BCUT2D eigenvalue weighted by Crippen LogP contribution is 2.41. The molecule has 0 radical (unpaired) electrons. The molecule has 2 rings (SSSR count). The molecule has 1 heterocycles. The lowest BCUT2D eigenvalue weighted by Gasteiger charge is -2.19. The molecule has 0 saturated heterocycles.